The van der Waals surface area contributed by atoms with Crippen molar-refractivity contribution in [2.75, 3.05) is 0 Å². The fourth-order valence-corrected chi connectivity index (χ4v) is 7.18. The third-order valence-electron chi connectivity index (χ3n) is 8.01. The number of rotatable bonds is 5. The zero-order valence-electron chi connectivity index (χ0n) is 21.6. The number of nitrogens with zero attached hydrogens (tertiary/aromatic N) is 3. The van der Waals surface area contributed by atoms with Gasteiger partial charge in [0.15, 0.2) is 5.17 Å². The van der Waals surface area contributed by atoms with Gasteiger partial charge in [0.05, 0.1) is 10.9 Å². The van der Waals surface area contributed by atoms with E-state index in [-0.39, 0.29) is 5.91 Å². The minimum atomic E-state index is 0.162. The van der Waals surface area contributed by atoms with Crippen molar-refractivity contribution in [3.8, 4) is 5.69 Å². The number of benzene rings is 1. The molecule has 5 rings (SSSR count). The molecule has 2 saturated carbocycles. The smallest absolute Gasteiger partial charge is 0.267 e. The Bertz CT molecular complexity index is 1130. The molecule has 4 nitrogen and oxygen atoms in total. The molecular weight excluding hydrogens is 450 g/mol. The minimum absolute atomic E-state index is 0.162. The SMILES string of the molecule is CCc1ccccc1-n1c(C)cc(/C=C2\SC(=NC3CCCCC3)N(C3CCCCC3)C2=O)c1C. The van der Waals surface area contributed by atoms with E-state index in [0.29, 0.717) is 12.1 Å². The van der Waals surface area contributed by atoms with Crippen molar-refractivity contribution in [3.63, 3.8) is 0 Å². The summed E-state index contributed by atoms with van der Waals surface area (Å²) >= 11 is 1.61. The van der Waals surface area contributed by atoms with Crippen molar-refractivity contribution >= 4 is 28.9 Å². The zero-order valence-corrected chi connectivity index (χ0v) is 22.4. The normalized spacial score (nSPS) is 22.6. The van der Waals surface area contributed by atoms with Crippen LogP contribution in [0.15, 0.2) is 40.2 Å². The van der Waals surface area contributed by atoms with Crippen LogP contribution < -0.4 is 0 Å². The van der Waals surface area contributed by atoms with Gasteiger partial charge in [-0.25, -0.2) is 0 Å². The number of aryl methyl sites for hydroxylation is 2. The number of amides is 1. The van der Waals surface area contributed by atoms with E-state index in [1.54, 1.807) is 11.8 Å². The summed E-state index contributed by atoms with van der Waals surface area (Å²) in [6.07, 6.45) is 15.2. The van der Waals surface area contributed by atoms with Crippen molar-refractivity contribution in [2.45, 2.75) is 103 Å². The summed E-state index contributed by atoms with van der Waals surface area (Å²) in [5.74, 6) is 0.162. The predicted octanol–water partition coefficient (Wildman–Crippen LogP) is 7.59. The number of para-hydroxylation sites is 1. The van der Waals surface area contributed by atoms with Crippen LogP contribution in [0, 0.1) is 13.8 Å². The highest BCUT2D eigenvalue weighted by Gasteiger charge is 2.39. The van der Waals surface area contributed by atoms with Crippen LogP contribution in [-0.2, 0) is 11.2 Å². The summed E-state index contributed by atoms with van der Waals surface area (Å²) < 4.78 is 2.34. The molecule has 2 heterocycles. The number of amidine groups is 1. The molecule has 1 aliphatic heterocycles. The van der Waals surface area contributed by atoms with Crippen molar-refractivity contribution in [1.82, 2.24) is 9.47 Å². The molecule has 0 unspecified atom stereocenters. The van der Waals surface area contributed by atoms with Crippen molar-refractivity contribution < 1.29 is 4.79 Å². The van der Waals surface area contributed by atoms with E-state index in [1.807, 2.05) is 0 Å². The van der Waals surface area contributed by atoms with Gasteiger partial charge < -0.3 is 4.57 Å². The fourth-order valence-electron chi connectivity index (χ4n) is 6.08. The van der Waals surface area contributed by atoms with Gasteiger partial charge in [0, 0.05) is 23.1 Å². The van der Waals surface area contributed by atoms with Crippen LogP contribution >= 0.6 is 11.8 Å². The number of carbonyl (C=O) groups excluding carboxylic acids is 1. The minimum Gasteiger partial charge on any atom is -0.318 e. The Hall–Kier alpha value is -2.27. The van der Waals surface area contributed by atoms with Gasteiger partial charge >= 0.3 is 0 Å². The maximum absolute atomic E-state index is 13.8. The van der Waals surface area contributed by atoms with Gasteiger partial charge in [-0.05, 0) is 87.0 Å². The van der Waals surface area contributed by atoms with E-state index in [1.165, 1.54) is 61.2 Å². The van der Waals surface area contributed by atoms with E-state index in [4.69, 9.17) is 4.99 Å². The second-order valence-electron chi connectivity index (χ2n) is 10.4. The first-order valence-electron chi connectivity index (χ1n) is 13.6. The number of thioether (sulfide) groups is 1. The molecule has 3 fully saturated rings. The molecule has 2 aliphatic carbocycles. The number of aliphatic imine (C=N–C) groups is 1. The molecule has 3 aliphatic rings. The van der Waals surface area contributed by atoms with Crippen molar-refractivity contribution in [3.05, 3.63) is 57.8 Å². The molecule has 0 spiro atoms. The van der Waals surface area contributed by atoms with Gasteiger partial charge in [0.25, 0.3) is 5.91 Å². The molecular formula is C30H39N3OS. The second kappa shape index (κ2) is 10.8. The quantitative estimate of drug-likeness (QED) is 0.406. The molecule has 35 heavy (non-hydrogen) atoms. The molecule has 0 N–H and O–H groups in total. The lowest BCUT2D eigenvalue weighted by molar-refractivity contribution is -0.124. The summed E-state index contributed by atoms with van der Waals surface area (Å²) in [6.45, 7) is 6.54. The zero-order chi connectivity index (χ0) is 24.4. The van der Waals surface area contributed by atoms with Gasteiger partial charge in [0.2, 0.25) is 0 Å². The average molecular weight is 490 g/mol. The maximum Gasteiger partial charge on any atom is 0.267 e. The first kappa shape index (κ1) is 24.4. The lowest BCUT2D eigenvalue weighted by Crippen LogP contribution is -2.41. The summed E-state index contributed by atoms with van der Waals surface area (Å²) in [5, 5.41) is 0.963. The van der Waals surface area contributed by atoms with Crippen molar-refractivity contribution in [1.29, 1.82) is 0 Å². The van der Waals surface area contributed by atoms with Gasteiger partial charge in [-0.3, -0.25) is 14.7 Å². The van der Waals surface area contributed by atoms with Crippen LogP contribution in [-0.4, -0.2) is 32.6 Å². The van der Waals surface area contributed by atoms with E-state index in [9.17, 15) is 4.79 Å². The molecule has 0 atom stereocenters. The fraction of sp³-hybridized carbons (Fsp3) is 0.533. The molecule has 1 aromatic heterocycles. The second-order valence-corrected chi connectivity index (χ2v) is 11.4. The predicted molar refractivity (Wildman–Crippen MR) is 148 cm³/mol. The highest BCUT2D eigenvalue weighted by Crippen LogP contribution is 2.39. The van der Waals surface area contributed by atoms with Crippen LogP contribution in [0.1, 0.15) is 93.6 Å². The third kappa shape index (κ3) is 5.02. The summed E-state index contributed by atoms with van der Waals surface area (Å²) in [7, 11) is 0. The van der Waals surface area contributed by atoms with Gasteiger partial charge in [-0.1, -0.05) is 63.6 Å². The molecule has 2 aromatic rings. The summed E-state index contributed by atoms with van der Waals surface area (Å²) in [5.41, 5.74) is 6.09. The van der Waals surface area contributed by atoms with E-state index < -0.39 is 0 Å². The Morgan fingerprint density at radius 2 is 1.69 bits per heavy atom. The molecule has 5 heteroatoms. The van der Waals surface area contributed by atoms with Crippen LogP contribution in [0.3, 0.4) is 0 Å². The first-order chi connectivity index (χ1) is 17.1. The monoisotopic (exact) mass is 489 g/mol. The third-order valence-corrected chi connectivity index (χ3v) is 9.01. The molecule has 1 aromatic carbocycles. The Labute approximate surface area is 214 Å². The maximum atomic E-state index is 13.8. The number of carbonyl (C=O) groups is 1. The number of hydrogen-bond acceptors (Lipinski definition) is 3. The summed E-state index contributed by atoms with van der Waals surface area (Å²) in [4.78, 5) is 21.9. The Balaban J connectivity index is 1.49. The highest BCUT2D eigenvalue weighted by atomic mass is 32.2. The standard InChI is InChI=1S/C30H39N3OS/c1-4-23-13-11-12-18-27(23)32-21(2)19-24(22(32)3)20-28-29(34)33(26-16-9-6-10-17-26)30(35-28)31-25-14-7-5-8-15-25/h11-13,18-20,25-26H,4-10,14-17H2,1-3H3/b28-20-,31-30?. The lowest BCUT2D eigenvalue weighted by Gasteiger charge is -2.31. The van der Waals surface area contributed by atoms with Crippen LogP contribution in [0.5, 0.6) is 0 Å². The van der Waals surface area contributed by atoms with Crippen molar-refractivity contribution in [2.24, 2.45) is 4.99 Å². The van der Waals surface area contributed by atoms with Crippen LogP contribution in [0.4, 0.5) is 0 Å². The van der Waals surface area contributed by atoms with E-state index in [2.05, 4.69) is 66.6 Å². The number of aromatic nitrogens is 1. The lowest BCUT2D eigenvalue weighted by atomic mass is 9.94. The molecule has 0 radical (unpaired) electrons. The van der Waals surface area contributed by atoms with Gasteiger partial charge in [-0.2, -0.15) is 0 Å². The molecule has 0 bridgehead atoms. The van der Waals surface area contributed by atoms with E-state index in [0.717, 1.165) is 47.7 Å². The molecule has 186 valence electrons. The average Bonchev–Trinajstić information content (AvgIpc) is 3.34. The van der Waals surface area contributed by atoms with Gasteiger partial charge in [0.1, 0.15) is 0 Å². The molecule has 1 saturated heterocycles. The van der Waals surface area contributed by atoms with Crippen LogP contribution in [0.2, 0.25) is 0 Å². The largest absolute Gasteiger partial charge is 0.318 e. The van der Waals surface area contributed by atoms with E-state index >= 15 is 0 Å². The Morgan fingerprint density at radius 1 is 1.00 bits per heavy atom. The Morgan fingerprint density at radius 3 is 2.40 bits per heavy atom. The highest BCUT2D eigenvalue weighted by molar-refractivity contribution is 8.18. The van der Waals surface area contributed by atoms with Crippen LogP contribution in [0.25, 0.3) is 11.8 Å². The Kier molecular flexibility index (Phi) is 7.52. The number of hydrogen-bond donors (Lipinski definition) is 0. The van der Waals surface area contributed by atoms with Gasteiger partial charge in [-0.15, -0.1) is 0 Å². The topological polar surface area (TPSA) is 37.6 Å². The molecule has 1 amide bonds. The summed E-state index contributed by atoms with van der Waals surface area (Å²) in [6, 6.07) is 11.5. The first-order valence-corrected chi connectivity index (χ1v) is 14.5.